The second-order valence-electron chi connectivity index (χ2n) is 25.5. The van der Waals surface area contributed by atoms with Gasteiger partial charge in [-0.25, -0.2) is 104 Å². The molecule has 123 heavy (non-hydrogen) atoms. The van der Waals surface area contributed by atoms with Crippen LogP contribution in [0.3, 0.4) is 0 Å². The van der Waals surface area contributed by atoms with Gasteiger partial charge >= 0.3 is 5.51 Å². The first kappa shape index (κ1) is 98.2. The number of hydrogen-bond donors (Lipinski definition) is 0. The zero-order chi connectivity index (χ0) is 85.7. The van der Waals surface area contributed by atoms with Crippen LogP contribution in [-0.2, 0) is 70.4 Å². The van der Waals surface area contributed by atoms with Gasteiger partial charge in [-0.2, -0.15) is 59.1 Å². The Morgan fingerprint density at radius 3 is 0.431 bits per heavy atom. The van der Waals surface area contributed by atoms with E-state index < -0.39 is 25.6 Å². The van der Waals surface area contributed by atoms with Gasteiger partial charge in [-0.1, -0.05) is 0 Å². The molecule has 0 N–H and O–H groups in total. The molecule has 40 heteroatoms. The van der Waals surface area contributed by atoms with Gasteiger partial charge in [0.2, 0.25) is 0 Å². The van der Waals surface area contributed by atoms with Gasteiger partial charge in [-0.3, -0.25) is 0 Å². The van der Waals surface area contributed by atoms with E-state index in [2.05, 4.69) is 90.7 Å². The summed E-state index contributed by atoms with van der Waals surface area (Å²) in [6, 6.07) is 52.5. The summed E-state index contributed by atoms with van der Waals surface area (Å²) >= 11 is 0. The predicted octanol–water partition coefficient (Wildman–Crippen LogP) is 14.3. The molecule has 32 nitrogen and oxygen atoms in total. The summed E-state index contributed by atoms with van der Waals surface area (Å²) in [5.41, 5.74) is 5.04. The fourth-order valence-corrected chi connectivity index (χ4v) is 11.4. The molecule has 0 saturated carbocycles. The summed E-state index contributed by atoms with van der Waals surface area (Å²) in [5.74, 6) is 7.75. The van der Waals surface area contributed by atoms with E-state index in [0.717, 1.165) is 52.4 Å². The molecule has 0 spiro atoms. The van der Waals surface area contributed by atoms with Crippen LogP contribution in [0, 0.1) is 62.3 Å². The second kappa shape index (κ2) is 49.8. The molecular weight excluding hydrogens is 1750 g/mol. The molecule has 0 saturated heterocycles. The van der Waals surface area contributed by atoms with Gasteiger partial charge in [0, 0.05) is 224 Å². The normalized spacial score (nSPS) is 10.3. The number of aromatic nitrogens is 27. The SMILES string of the molecule is CS(=O)(=O)[N-]S(=O)(=O)C(F)(F)F.Cc1ccnc(-n2cccn2)c1.Cc1ccnc(-n2cccn2)c1.Cc1ccnc(-n2cccn2)c1.Cc1ccnc(-n2cccn2)c1.Cc1ccnc(-n2cccn2)c1.Cc1ccnc(-n2cccn2)c1.Cc1ccnc(-n2cccn2)c1.Cc1ccnc(-n2cccn2)c1.Cc1ccnc(-n2cccn2)c1.[Co].[Co].[Co]. The van der Waals surface area contributed by atoms with Crippen molar-refractivity contribution in [3.63, 3.8) is 0 Å². The summed E-state index contributed by atoms with van der Waals surface area (Å²) < 4.78 is 91.7. The summed E-state index contributed by atoms with van der Waals surface area (Å²) in [6.45, 7) is 18.3. The Morgan fingerprint density at radius 1 is 0.236 bits per heavy atom. The van der Waals surface area contributed by atoms with Crippen LogP contribution in [0.25, 0.3) is 56.5 Å². The van der Waals surface area contributed by atoms with E-state index in [4.69, 9.17) is 0 Å². The average Bonchev–Trinajstić information content (AvgIpc) is 1.69. The Labute approximate surface area is 739 Å². The summed E-state index contributed by atoms with van der Waals surface area (Å²) in [4.78, 5) is 37.6. The fourth-order valence-electron chi connectivity index (χ4n) is 9.67. The van der Waals surface area contributed by atoms with Crippen LogP contribution in [0.5, 0.6) is 0 Å². The van der Waals surface area contributed by atoms with Gasteiger partial charge in [-0.05, 0) is 276 Å². The second-order valence-corrected chi connectivity index (χ2v) is 29.0. The molecule has 0 bridgehead atoms. The number of sulfonamides is 2. The van der Waals surface area contributed by atoms with E-state index in [0.29, 0.717) is 0 Å². The minimum Gasteiger partial charge on any atom is -0.429 e. The largest absolute Gasteiger partial charge is 0.480 e. The van der Waals surface area contributed by atoms with Crippen molar-refractivity contribution in [2.75, 3.05) is 6.26 Å². The molecule has 3 radical (unpaired) electrons. The van der Waals surface area contributed by atoms with Crippen molar-refractivity contribution in [3.8, 4) is 52.4 Å². The molecule has 0 aliphatic rings. The molecule has 0 fully saturated rings. The van der Waals surface area contributed by atoms with Crippen molar-refractivity contribution in [2.45, 2.75) is 67.8 Å². The first-order valence-corrected chi connectivity index (χ1v) is 39.6. The Balaban J connectivity index is 0.000000211. The summed E-state index contributed by atoms with van der Waals surface area (Å²) in [6.07, 6.45) is 48.9. The first-order valence-electron chi connectivity index (χ1n) is 36.3. The molecular formula is C83H84Co3F3N28O4S2-. The Bertz CT molecular complexity index is 5120. The molecule has 0 atom stereocenters. The minimum atomic E-state index is -5.92. The number of hydrogen-bond acceptors (Lipinski definition) is 22. The molecule has 0 amide bonds. The van der Waals surface area contributed by atoms with Gasteiger partial charge in [0.05, 0.1) is 10.0 Å². The molecule has 18 rings (SSSR count). The van der Waals surface area contributed by atoms with Gasteiger partial charge in [0.15, 0.2) is 62.4 Å². The average molecular weight is 1840 g/mol. The number of nitrogens with zero attached hydrogens (tertiary/aromatic N) is 28. The number of aryl methyl sites for hydroxylation is 9. The molecule has 0 aliphatic heterocycles. The number of rotatable bonds is 11. The van der Waals surface area contributed by atoms with Crippen molar-refractivity contribution in [2.24, 2.45) is 0 Å². The zero-order valence-electron chi connectivity index (χ0n) is 67.8. The van der Waals surface area contributed by atoms with E-state index in [1.807, 2.05) is 282 Å². The van der Waals surface area contributed by atoms with E-state index in [1.165, 1.54) is 50.1 Å². The third-order valence-electron chi connectivity index (χ3n) is 15.3. The summed E-state index contributed by atoms with van der Waals surface area (Å²) in [5, 5.41) is 36.7. The van der Waals surface area contributed by atoms with Crippen LogP contribution < -0.4 is 0 Å². The maximum Gasteiger partial charge on any atom is 0.480 e. The summed E-state index contributed by atoms with van der Waals surface area (Å²) in [7, 11) is -10.5. The van der Waals surface area contributed by atoms with E-state index in [1.54, 1.807) is 158 Å². The maximum absolute atomic E-state index is 11.4. The van der Waals surface area contributed by atoms with E-state index >= 15 is 0 Å². The molecule has 0 aliphatic carbocycles. The zero-order valence-corrected chi connectivity index (χ0v) is 72.5. The van der Waals surface area contributed by atoms with Crippen LogP contribution >= 0.6 is 0 Å². The smallest absolute Gasteiger partial charge is 0.429 e. The van der Waals surface area contributed by atoms with Crippen molar-refractivity contribution in [1.29, 1.82) is 0 Å². The van der Waals surface area contributed by atoms with Crippen LogP contribution in [0.4, 0.5) is 13.2 Å². The topological polar surface area (TPSA) is 359 Å². The fraction of sp³-hybridized carbons (Fsp3) is 0.133. The Morgan fingerprint density at radius 2 is 0.358 bits per heavy atom. The van der Waals surface area contributed by atoms with Gasteiger partial charge in [0.1, 0.15) is 0 Å². The molecule has 0 unspecified atom stereocenters. The number of pyridine rings is 9. The number of alkyl halides is 3. The minimum absolute atomic E-state index is 0. The van der Waals surface area contributed by atoms with E-state index in [-0.39, 0.29) is 56.6 Å². The predicted molar refractivity (Wildman–Crippen MR) is 448 cm³/mol. The number of halogens is 3. The van der Waals surface area contributed by atoms with Crippen LogP contribution in [0.15, 0.2) is 331 Å². The van der Waals surface area contributed by atoms with Crippen molar-refractivity contribution < 1.29 is 80.3 Å². The molecule has 18 aromatic rings. The molecule has 18 aromatic heterocycles. The van der Waals surface area contributed by atoms with Crippen molar-refractivity contribution in [1.82, 2.24) is 133 Å². The third-order valence-corrected chi connectivity index (χ3v) is 17.7. The van der Waals surface area contributed by atoms with Gasteiger partial charge in [0.25, 0.3) is 0 Å². The third kappa shape index (κ3) is 33.9. The standard InChI is InChI=1S/9C9H9N3.C2H3F3NO4S2.3Co/c9*1-8-3-5-10-9(7-8)12-6-2-4-11-12;1-11(7,8)6-12(9,10)2(3,4)5;;;/h9*2-7H,1H3;1H3;;;/q;;;;;;;;;-1;;;. The van der Waals surface area contributed by atoms with Gasteiger partial charge < -0.3 is 4.13 Å². The quantitative estimate of drug-likeness (QED) is 0.116. The van der Waals surface area contributed by atoms with E-state index in [9.17, 15) is 30.0 Å². The molecule has 18 heterocycles. The Hall–Kier alpha value is -13.6. The Kier molecular flexibility index (Phi) is 39.8. The monoisotopic (exact) mass is 1830 g/mol. The maximum atomic E-state index is 11.4. The molecule has 0 aromatic carbocycles. The van der Waals surface area contributed by atoms with Crippen molar-refractivity contribution >= 4 is 20.0 Å². The van der Waals surface area contributed by atoms with Gasteiger partial charge in [-0.15, -0.1) is 0 Å². The first-order chi connectivity index (χ1) is 57.7. The van der Waals surface area contributed by atoms with Crippen LogP contribution in [0.1, 0.15) is 50.1 Å². The van der Waals surface area contributed by atoms with Crippen LogP contribution in [-0.4, -0.2) is 161 Å². The van der Waals surface area contributed by atoms with Crippen molar-refractivity contribution in [3.05, 3.63) is 385 Å². The molecule has 641 valence electrons. The van der Waals surface area contributed by atoms with Crippen LogP contribution in [0.2, 0.25) is 0 Å².